The lowest BCUT2D eigenvalue weighted by Gasteiger charge is -2.16. The van der Waals surface area contributed by atoms with Crippen molar-refractivity contribution in [3.8, 4) is 0 Å². The van der Waals surface area contributed by atoms with E-state index in [1.807, 2.05) is 0 Å². The summed E-state index contributed by atoms with van der Waals surface area (Å²) in [6, 6.07) is 4.35. The molecule has 0 aliphatic heterocycles. The van der Waals surface area contributed by atoms with Crippen molar-refractivity contribution < 1.29 is 0 Å². The van der Waals surface area contributed by atoms with Crippen molar-refractivity contribution in [2.45, 2.75) is 39.5 Å². The van der Waals surface area contributed by atoms with E-state index in [2.05, 4.69) is 49.8 Å². The minimum Gasteiger partial charge on any atom is -0.345 e. The molecule has 1 aromatic heterocycles. The van der Waals surface area contributed by atoms with Gasteiger partial charge in [0.25, 0.3) is 0 Å². The maximum atomic E-state index is 4.43. The average Bonchev–Trinajstić information content (AvgIpc) is 2.62. The summed E-state index contributed by atoms with van der Waals surface area (Å²) < 4.78 is 0. The normalized spacial score (nSPS) is 11.9. The number of benzene rings is 1. The van der Waals surface area contributed by atoms with Gasteiger partial charge in [0, 0.05) is 0 Å². The predicted molar refractivity (Wildman–Crippen MR) is 64.3 cm³/mol. The first-order valence-electron chi connectivity index (χ1n) is 5.57. The lowest BCUT2D eigenvalue weighted by atomic mass is 9.89. The molecule has 1 heterocycles. The van der Waals surface area contributed by atoms with Gasteiger partial charge in [0.15, 0.2) is 0 Å². The summed E-state index contributed by atoms with van der Waals surface area (Å²) in [5.41, 5.74) is 5.09. The SMILES string of the molecule is CC(C)c1ccc2[nH]cnc2c1C(C)C. The summed E-state index contributed by atoms with van der Waals surface area (Å²) in [6.45, 7) is 8.93. The molecule has 0 amide bonds. The molecular weight excluding hydrogens is 184 g/mol. The molecule has 2 aromatic rings. The van der Waals surface area contributed by atoms with E-state index in [1.54, 1.807) is 6.33 Å². The van der Waals surface area contributed by atoms with E-state index in [0.717, 1.165) is 11.0 Å². The number of aromatic nitrogens is 2. The van der Waals surface area contributed by atoms with Gasteiger partial charge in [0.05, 0.1) is 17.4 Å². The van der Waals surface area contributed by atoms with E-state index in [-0.39, 0.29) is 0 Å². The van der Waals surface area contributed by atoms with E-state index in [4.69, 9.17) is 0 Å². The molecule has 0 spiro atoms. The van der Waals surface area contributed by atoms with E-state index in [1.165, 1.54) is 11.1 Å². The second kappa shape index (κ2) is 3.69. The molecule has 0 aliphatic carbocycles. The molecule has 0 atom stereocenters. The Morgan fingerprint density at radius 1 is 1.07 bits per heavy atom. The van der Waals surface area contributed by atoms with Crippen LogP contribution in [0.25, 0.3) is 11.0 Å². The maximum absolute atomic E-state index is 4.43. The molecule has 2 rings (SSSR count). The first-order chi connectivity index (χ1) is 7.11. The third-order valence-electron chi connectivity index (χ3n) is 2.86. The van der Waals surface area contributed by atoms with Gasteiger partial charge in [-0.05, 0) is 29.0 Å². The minimum absolute atomic E-state index is 0.523. The topological polar surface area (TPSA) is 28.7 Å². The van der Waals surface area contributed by atoms with Crippen LogP contribution in [0.5, 0.6) is 0 Å². The summed E-state index contributed by atoms with van der Waals surface area (Å²) in [7, 11) is 0. The Morgan fingerprint density at radius 2 is 1.80 bits per heavy atom. The highest BCUT2D eigenvalue weighted by atomic mass is 14.9. The molecule has 2 nitrogen and oxygen atoms in total. The maximum Gasteiger partial charge on any atom is 0.0931 e. The number of nitrogens with one attached hydrogen (secondary N) is 1. The molecule has 0 fully saturated rings. The van der Waals surface area contributed by atoms with E-state index in [0.29, 0.717) is 11.8 Å². The molecule has 15 heavy (non-hydrogen) atoms. The highest BCUT2D eigenvalue weighted by molar-refractivity contribution is 5.80. The molecule has 1 aromatic carbocycles. The number of hydrogen-bond acceptors (Lipinski definition) is 1. The van der Waals surface area contributed by atoms with Gasteiger partial charge in [-0.2, -0.15) is 0 Å². The van der Waals surface area contributed by atoms with Crippen LogP contribution in [0.4, 0.5) is 0 Å². The van der Waals surface area contributed by atoms with Crippen molar-refractivity contribution in [2.24, 2.45) is 0 Å². The molecule has 0 saturated carbocycles. The Hall–Kier alpha value is -1.31. The minimum atomic E-state index is 0.523. The Bertz CT molecular complexity index is 466. The quantitative estimate of drug-likeness (QED) is 0.788. The van der Waals surface area contributed by atoms with Crippen LogP contribution in [0.3, 0.4) is 0 Å². The molecular formula is C13H18N2. The largest absolute Gasteiger partial charge is 0.345 e. The van der Waals surface area contributed by atoms with Gasteiger partial charge in [-0.1, -0.05) is 33.8 Å². The summed E-state index contributed by atoms with van der Waals surface area (Å²) in [4.78, 5) is 7.60. The van der Waals surface area contributed by atoms with Crippen molar-refractivity contribution in [1.82, 2.24) is 9.97 Å². The third-order valence-corrected chi connectivity index (χ3v) is 2.86. The van der Waals surface area contributed by atoms with Crippen molar-refractivity contribution in [1.29, 1.82) is 0 Å². The number of aromatic amines is 1. The molecule has 0 unspecified atom stereocenters. The molecule has 0 bridgehead atoms. The Balaban J connectivity index is 2.75. The Morgan fingerprint density at radius 3 is 2.40 bits per heavy atom. The van der Waals surface area contributed by atoms with Crippen LogP contribution < -0.4 is 0 Å². The third kappa shape index (κ3) is 1.65. The van der Waals surface area contributed by atoms with Crippen LogP contribution in [-0.4, -0.2) is 9.97 Å². The van der Waals surface area contributed by atoms with Gasteiger partial charge in [0.2, 0.25) is 0 Å². The standard InChI is InChI=1S/C13H18N2/c1-8(2)10-5-6-11-13(15-7-14-11)12(10)9(3)4/h5-9H,1-4H3,(H,14,15). The molecule has 0 aliphatic rings. The van der Waals surface area contributed by atoms with Crippen LogP contribution in [-0.2, 0) is 0 Å². The van der Waals surface area contributed by atoms with Crippen molar-refractivity contribution in [3.05, 3.63) is 29.6 Å². The van der Waals surface area contributed by atoms with Gasteiger partial charge in [-0.15, -0.1) is 0 Å². The fraction of sp³-hybridized carbons (Fsp3) is 0.462. The van der Waals surface area contributed by atoms with Crippen LogP contribution in [0.2, 0.25) is 0 Å². The number of fused-ring (bicyclic) bond motifs is 1. The number of hydrogen-bond donors (Lipinski definition) is 1. The molecule has 80 valence electrons. The predicted octanol–water partition coefficient (Wildman–Crippen LogP) is 3.81. The van der Waals surface area contributed by atoms with Crippen molar-refractivity contribution in [3.63, 3.8) is 0 Å². The van der Waals surface area contributed by atoms with Gasteiger partial charge >= 0.3 is 0 Å². The zero-order valence-electron chi connectivity index (χ0n) is 9.83. The van der Waals surface area contributed by atoms with Crippen molar-refractivity contribution in [2.75, 3.05) is 0 Å². The molecule has 2 heteroatoms. The lowest BCUT2D eigenvalue weighted by Crippen LogP contribution is -1.99. The molecule has 1 N–H and O–H groups in total. The Labute approximate surface area is 90.7 Å². The van der Waals surface area contributed by atoms with E-state index >= 15 is 0 Å². The number of imidazole rings is 1. The summed E-state index contributed by atoms with van der Waals surface area (Å²) in [5, 5.41) is 0. The second-order valence-electron chi connectivity index (χ2n) is 4.68. The van der Waals surface area contributed by atoms with Crippen molar-refractivity contribution >= 4 is 11.0 Å². The lowest BCUT2D eigenvalue weighted by molar-refractivity contribution is 0.796. The fourth-order valence-corrected chi connectivity index (χ4v) is 2.16. The highest BCUT2D eigenvalue weighted by Crippen LogP contribution is 2.31. The highest BCUT2D eigenvalue weighted by Gasteiger charge is 2.14. The van der Waals surface area contributed by atoms with Crippen LogP contribution in [0, 0.1) is 0 Å². The van der Waals surface area contributed by atoms with E-state index < -0.39 is 0 Å². The zero-order chi connectivity index (χ0) is 11.0. The number of H-pyrrole nitrogens is 1. The molecule has 0 saturated heterocycles. The number of rotatable bonds is 2. The smallest absolute Gasteiger partial charge is 0.0931 e. The first-order valence-corrected chi connectivity index (χ1v) is 5.57. The van der Waals surface area contributed by atoms with Gasteiger partial charge in [0.1, 0.15) is 0 Å². The average molecular weight is 202 g/mol. The van der Waals surface area contributed by atoms with Crippen LogP contribution >= 0.6 is 0 Å². The monoisotopic (exact) mass is 202 g/mol. The fourth-order valence-electron chi connectivity index (χ4n) is 2.16. The van der Waals surface area contributed by atoms with Crippen LogP contribution in [0.1, 0.15) is 50.7 Å². The van der Waals surface area contributed by atoms with Gasteiger partial charge < -0.3 is 4.98 Å². The summed E-state index contributed by atoms with van der Waals surface area (Å²) in [6.07, 6.45) is 1.78. The summed E-state index contributed by atoms with van der Waals surface area (Å²) >= 11 is 0. The summed E-state index contributed by atoms with van der Waals surface area (Å²) in [5.74, 6) is 1.08. The molecule has 0 radical (unpaired) electrons. The number of nitrogens with zero attached hydrogens (tertiary/aromatic N) is 1. The first kappa shape index (κ1) is 10.2. The van der Waals surface area contributed by atoms with Crippen LogP contribution in [0.15, 0.2) is 18.5 Å². The second-order valence-corrected chi connectivity index (χ2v) is 4.68. The van der Waals surface area contributed by atoms with Gasteiger partial charge in [-0.25, -0.2) is 4.98 Å². The Kier molecular flexibility index (Phi) is 2.51. The zero-order valence-corrected chi connectivity index (χ0v) is 9.83. The van der Waals surface area contributed by atoms with Gasteiger partial charge in [-0.3, -0.25) is 0 Å². The van der Waals surface area contributed by atoms with E-state index in [9.17, 15) is 0 Å².